The highest BCUT2D eigenvalue weighted by Crippen LogP contribution is 2.28. The molecule has 0 spiro atoms. The molecule has 0 bridgehead atoms. The summed E-state index contributed by atoms with van der Waals surface area (Å²) in [5.41, 5.74) is 0.944. The molecule has 0 fully saturated rings. The van der Waals surface area contributed by atoms with Crippen LogP contribution < -0.4 is 0 Å². The van der Waals surface area contributed by atoms with E-state index in [1.165, 1.54) is 36.7 Å². The Morgan fingerprint density at radius 1 is 1.29 bits per heavy atom. The summed E-state index contributed by atoms with van der Waals surface area (Å²) in [6, 6.07) is 8.91. The number of aliphatic imine (C=N–C) groups is 1. The van der Waals surface area contributed by atoms with E-state index in [4.69, 9.17) is 16.0 Å². The van der Waals surface area contributed by atoms with Gasteiger partial charge < -0.3 is 9.52 Å². The first-order valence-electron chi connectivity index (χ1n) is 6.64. The molecule has 0 unspecified atom stereocenters. The summed E-state index contributed by atoms with van der Waals surface area (Å²) in [5, 5.41) is 20.7. The normalized spacial score (nSPS) is 11.0. The summed E-state index contributed by atoms with van der Waals surface area (Å²) in [6.45, 7) is 0. The van der Waals surface area contributed by atoms with Gasteiger partial charge >= 0.3 is 5.95 Å². The molecular weight excluding hydrogens is 336 g/mol. The lowest BCUT2D eigenvalue weighted by molar-refractivity contribution is -0.384. The second-order valence-electron chi connectivity index (χ2n) is 4.58. The summed E-state index contributed by atoms with van der Waals surface area (Å²) in [6.07, 6.45) is 2.82. The molecule has 0 aliphatic carbocycles. The molecule has 1 aromatic carbocycles. The number of hydrogen-bond acceptors (Lipinski definition) is 7. The largest absolute Gasteiger partial charge is 0.479 e. The van der Waals surface area contributed by atoms with Gasteiger partial charge in [-0.25, -0.2) is 9.97 Å². The summed E-state index contributed by atoms with van der Waals surface area (Å²) < 4.78 is 5.15. The summed E-state index contributed by atoms with van der Waals surface area (Å²) in [7, 11) is 0. The molecule has 0 atom stereocenters. The SMILES string of the molecule is O=[N+]([O-])c1ccc(-c2nc(C=Nc3cccnc3Cl)c(O)o2)cc1. The van der Waals surface area contributed by atoms with Gasteiger partial charge in [0.15, 0.2) is 10.8 Å². The lowest BCUT2D eigenvalue weighted by Crippen LogP contribution is -1.87. The Kier molecular flexibility index (Phi) is 4.21. The lowest BCUT2D eigenvalue weighted by Gasteiger charge is -1.94. The Morgan fingerprint density at radius 2 is 2.04 bits per heavy atom. The van der Waals surface area contributed by atoms with Crippen molar-refractivity contribution >= 4 is 29.2 Å². The maximum atomic E-state index is 10.6. The van der Waals surface area contributed by atoms with Gasteiger partial charge in [-0.05, 0) is 24.3 Å². The Balaban J connectivity index is 1.87. The Bertz CT molecular complexity index is 921. The van der Waals surface area contributed by atoms with Crippen molar-refractivity contribution in [2.24, 2.45) is 4.99 Å². The first-order valence-corrected chi connectivity index (χ1v) is 7.01. The lowest BCUT2D eigenvalue weighted by atomic mass is 10.2. The van der Waals surface area contributed by atoms with Crippen LogP contribution in [0.4, 0.5) is 11.4 Å². The molecule has 3 rings (SSSR count). The van der Waals surface area contributed by atoms with Gasteiger partial charge in [0.05, 0.1) is 11.1 Å². The number of aromatic hydroxyl groups is 1. The van der Waals surface area contributed by atoms with Gasteiger partial charge in [-0.15, -0.1) is 0 Å². The standard InChI is InChI=1S/C15H9ClN4O4/c16-13-11(2-1-7-17-13)18-8-12-15(21)24-14(19-12)9-3-5-10(6-4-9)20(22)23/h1-8,21H. The van der Waals surface area contributed by atoms with Crippen LogP contribution >= 0.6 is 11.6 Å². The number of benzene rings is 1. The third-order valence-corrected chi connectivity index (χ3v) is 3.32. The molecule has 3 aromatic rings. The Morgan fingerprint density at radius 3 is 2.71 bits per heavy atom. The van der Waals surface area contributed by atoms with Gasteiger partial charge in [0.25, 0.3) is 5.69 Å². The van der Waals surface area contributed by atoms with Crippen LogP contribution in [0, 0.1) is 10.1 Å². The molecule has 0 amide bonds. The van der Waals surface area contributed by atoms with Gasteiger partial charge in [0.1, 0.15) is 5.69 Å². The van der Waals surface area contributed by atoms with E-state index in [2.05, 4.69) is 15.0 Å². The van der Waals surface area contributed by atoms with Gasteiger partial charge in [-0.3, -0.25) is 15.1 Å². The second-order valence-corrected chi connectivity index (χ2v) is 4.94. The molecule has 0 aliphatic heterocycles. The molecule has 1 N–H and O–H groups in total. The van der Waals surface area contributed by atoms with E-state index in [1.807, 2.05) is 0 Å². The van der Waals surface area contributed by atoms with E-state index in [0.717, 1.165) is 0 Å². The monoisotopic (exact) mass is 344 g/mol. The quantitative estimate of drug-likeness (QED) is 0.333. The van der Waals surface area contributed by atoms with Gasteiger partial charge in [0.2, 0.25) is 5.89 Å². The number of hydrogen-bond donors (Lipinski definition) is 1. The average molecular weight is 345 g/mol. The molecule has 0 saturated carbocycles. The topological polar surface area (TPSA) is 115 Å². The minimum absolute atomic E-state index is 0.0532. The molecule has 0 aliphatic rings. The summed E-state index contributed by atoms with van der Waals surface area (Å²) in [4.78, 5) is 22.2. The number of rotatable bonds is 4. The molecule has 0 radical (unpaired) electrons. The Labute approximate surface area is 140 Å². The van der Waals surface area contributed by atoms with Crippen molar-refractivity contribution in [2.75, 3.05) is 0 Å². The highest BCUT2D eigenvalue weighted by atomic mass is 35.5. The molecule has 0 saturated heterocycles. The highest BCUT2D eigenvalue weighted by Gasteiger charge is 2.14. The van der Waals surface area contributed by atoms with Gasteiger partial charge in [-0.1, -0.05) is 11.6 Å². The fraction of sp³-hybridized carbons (Fsp3) is 0. The molecule has 8 nitrogen and oxygen atoms in total. The van der Waals surface area contributed by atoms with E-state index >= 15 is 0 Å². The third kappa shape index (κ3) is 3.23. The smallest absolute Gasteiger partial charge is 0.312 e. The van der Waals surface area contributed by atoms with Crippen LogP contribution in [0.3, 0.4) is 0 Å². The molecular formula is C15H9ClN4O4. The predicted molar refractivity (Wildman–Crippen MR) is 86.8 cm³/mol. The van der Waals surface area contributed by atoms with Crippen molar-refractivity contribution in [3.05, 3.63) is 63.6 Å². The van der Waals surface area contributed by atoms with Crippen molar-refractivity contribution in [3.8, 4) is 17.4 Å². The van der Waals surface area contributed by atoms with Crippen LogP contribution in [0.5, 0.6) is 5.95 Å². The van der Waals surface area contributed by atoms with Crippen LogP contribution in [0.25, 0.3) is 11.5 Å². The van der Waals surface area contributed by atoms with Gasteiger partial charge in [-0.2, -0.15) is 0 Å². The summed E-state index contributed by atoms with van der Waals surface area (Å²) in [5.74, 6) is -0.312. The fourth-order valence-electron chi connectivity index (χ4n) is 1.86. The molecule has 9 heteroatoms. The van der Waals surface area contributed by atoms with Crippen LogP contribution in [0.1, 0.15) is 5.69 Å². The highest BCUT2D eigenvalue weighted by molar-refractivity contribution is 6.31. The zero-order chi connectivity index (χ0) is 17.1. The predicted octanol–water partition coefficient (Wildman–Crippen LogP) is 3.75. The van der Waals surface area contributed by atoms with E-state index in [0.29, 0.717) is 11.3 Å². The third-order valence-electron chi connectivity index (χ3n) is 3.02. The summed E-state index contributed by atoms with van der Waals surface area (Å²) >= 11 is 5.89. The van der Waals surface area contributed by atoms with E-state index in [1.54, 1.807) is 12.1 Å². The molecule has 2 aromatic heterocycles. The van der Waals surface area contributed by atoms with Crippen molar-refractivity contribution < 1.29 is 14.4 Å². The number of oxazole rings is 1. The van der Waals surface area contributed by atoms with E-state index < -0.39 is 10.9 Å². The molecule has 24 heavy (non-hydrogen) atoms. The molecule has 2 heterocycles. The number of nitrogens with zero attached hydrogens (tertiary/aromatic N) is 4. The number of aromatic nitrogens is 2. The minimum atomic E-state index is -0.507. The van der Waals surface area contributed by atoms with Crippen LogP contribution in [0.15, 0.2) is 52.0 Å². The maximum absolute atomic E-state index is 10.6. The van der Waals surface area contributed by atoms with Gasteiger partial charge in [0, 0.05) is 23.9 Å². The van der Waals surface area contributed by atoms with E-state index in [9.17, 15) is 15.2 Å². The van der Waals surface area contributed by atoms with Crippen LogP contribution in [-0.2, 0) is 0 Å². The number of pyridine rings is 1. The first-order chi connectivity index (χ1) is 11.5. The maximum Gasteiger partial charge on any atom is 0.312 e. The fourth-order valence-corrected chi connectivity index (χ4v) is 2.03. The zero-order valence-electron chi connectivity index (χ0n) is 12.0. The molecule has 120 valence electrons. The Hall–Kier alpha value is -3.26. The first kappa shape index (κ1) is 15.6. The van der Waals surface area contributed by atoms with Crippen molar-refractivity contribution in [2.45, 2.75) is 0 Å². The van der Waals surface area contributed by atoms with E-state index in [-0.39, 0.29) is 22.4 Å². The number of nitro groups is 1. The number of non-ortho nitro benzene ring substituents is 1. The minimum Gasteiger partial charge on any atom is -0.479 e. The number of nitro benzene ring substituents is 1. The number of halogens is 1. The van der Waals surface area contributed by atoms with Crippen molar-refractivity contribution in [3.63, 3.8) is 0 Å². The van der Waals surface area contributed by atoms with Crippen LogP contribution in [0.2, 0.25) is 5.15 Å². The average Bonchev–Trinajstić information content (AvgIpc) is 2.95. The second kappa shape index (κ2) is 6.47. The van der Waals surface area contributed by atoms with Crippen molar-refractivity contribution in [1.82, 2.24) is 9.97 Å². The zero-order valence-corrected chi connectivity index (χ0v) is 12.7. The van der Waals surface area contributed by atoms with Crippen LogP contribution in [-0.4, -0.2) is 26.2 Å². The van der Waals surface area contributed by atoms with Crippen molar-refractivity contribution in [1.29, 1.82) is 0 Å².